The predicted octanol–water partition coefficient (Wildman–Crippen LogP) is 1.06. The number of nitrogens with one attached hydrogen (secondary N) is 1. The average molecular weight is 251 g/mol. The highest BCUT2D eigenvalue weighted by molar-refractivity contribution is 7.89. The van der Waals surface area contributed by atoms with Gasteiger partial charge in [-0.1, -0.05) is 27.7 Å². The molecule has 96 valence electrons. The number of aliphatic carboxylic acids is 1. The van der Waals surface area contributed by atoms with E-state index in [0.717, 1.165) is 0 Å². The van der Waals surface area contributed by atoms with Gasteiger partial charge in [0.05, 0.1) is 5.75 Å². The first-order valence-electron chi connectivity index (χ1n) is 5.38. The van der Waals surface area contributed by atoms with Gasteiger partial charge in [0.15, 0.2) is 0 Å². The van der Waals surface area contributed by atoms with Gasteiger partial charge in [-0.3, -0.25) is 4.79 Å². The molecule has 0 saturated heterocycles. The first-order chi connectivity index (χ1) is 7.15. The zero-order valence-electron chi connectivity index (χ0n) is 10.2. The molecule has 0 saturated carbocycles. The number of hydrogen-bond donors (Lipinski definition) is 2. The zero-order chi connectivity index (χ0) is 12.9. The van der Waals surface area contributed by atoms with Crippen LogP contribution in [0, 0.1) is 11.8 Å². The molecule has 16 heavy (non-hydrogen) atoms. The van der Waals surface area contributed by atoms with Gasteiger partial charge < -0.3 is 5.11 Å². The van der Waals surface area contributed by atoms with Crippen LogP contribution in [-0.2, 0) is 14.8 Å². The van der Waals surface area contributed by atoms with E-state index in [1.54, 1.807) is 13.8 Å². The van der Waals surface area contributed by atoms with Crippen molar-refractivity contribution in [2.75, 3.05) is 5.75 Å². The average Bonchev–Trinajstić information content (AvgIpc) is 2.10. The van der Waals surface area contributed by atoms with E-state index in [-0.39, 0.29) is 17.6 Å². The molecule has 0 spiro atoms. The topological polar surface area (TPSA) is 83.5 Å². The second kappa shape index (κ2) is 6.20. The Balaban J connectivity index is 4.49. The van der Waals surface area contributed by atoms with Crippen molar-refractivity contribution in [2.24, 2.45) is 11.8 Å². The van der Waals surface area contributed by atoms with E-state index in [4.69, 9.17) is 5.11 Å². The lowest BCUT2D eigenvalue weighted by Crippen LogP contribution is -2.45. The predicted molar refractivity (Wildman–Crippen MR) is 62.6 cm³/mol. The molecule has 0 amide bonds. The van der Waals surface area contributed by atoms with Crippen LogP contribution < -0.4 is 4.72 Å². The van der Waals surface area contributed by atoms with E-state index in [0.29, 0.717) is 6.42 Å². The molecular weight excluding hydrogens is 230 g/mol. The largest absolute Gasteiger partial charge is 0.480 e. The van der Waals surface area contributed by atoms with Crippen LogP contribution in [0.2, 0.25) is 0 Å². The van der Waals surface area contributed by atoms with Gasteiger partial charge in [0.25, 0.3) is 0 Å². The molecular formula is C10H21NO4S. The van der Waals surface area contributed by atoms with E-state index in [1.165, 1.54) is 0 Å². The SMILES string of the molecule is CC(C)CCS(=O)(=O)N[C@@H](C(=O)O)C(C)C. The van der Waals surface area contributed by atoms with Crippen molar-refractivity contribution in [2.45, 2.75) is 40.2 Å². The van der Waals surface area contributed by atoms with Crippen molar-refractivity contribution in [1.29, 1.82) is 0 Å². The summed E-state index contributed by atoms with van der Waals surface area (Å²) in [6, 6.07) is -1.04. The van der Waals surface area contributed by atoms with Crippen LogP contribution in [0.3, 0.4) is 0 Å². The third-order valence-electron chi connectivity index (χ3n) is 2.20. The monoisotopic (exact) mass is 251 g/mol. The summed E-state index contributed by atoms with van der Waals surface area (Å²) in [5.74, 6) is -1.16. The molecule has 1 atom stereocenters. The van der Waals surface area contributed by atoms with Gasteiger partial charge >= 0.3 is 5.97 Å². The Morgan fingerprint density at radius 1 is 1.25 bits per heavy atom. The molecule has 0 bridgehead atoms. The van der Waals surface area contributed by atoms with Gasteiger partial charge in [-0.05, 0) is 18.3 Å². The summed E-state index contributed by atoms with van der Waals surface area (Å²) in [5.41, 5.74) is 0. The van der Waals surface area contributed by atoms with Gasteiger partial charge in [0, 0.05) is 0 Å². The Hall–Kier alpha value is -0.620. The van der Waals surface area contributed by atoms with E-state index in [1.807, 2.05) is 13.8 Å². The Labute approximate surface area is 97.3 Å². The van der Waals surface area contributed by atoms with Crippen molar-refractivity contribution < 1.29 is 18.3 Å². The minimum absolute atomic E-state index is 0.0266. The molecule has 0 rings (SSSR count). The van der Waals surface area contributed by atoms with Crippen molar-refractivity contribution in [3.63, 3.8) is 0 Å². The van der Waals surface area contributed by atoms with Gasteiger partial charge in [-0.15, -0.1) is 0 Å². The fourth-order valence-corrected chi connectivity index (χ4v) is 2.77. The molecule has 6 heteroatoms. The van der Waals surface area contributed by atoms with E-state index >= 15 is 0 Å². The minimum atomic E-state index is -3.50. The zero-order valence-corrected chi connectivity index (χ0v) is 11.0. The van der Waals surface area contributed by atoms with Crippen LogP contribution in [0.25, 0.3) is 0 Å². The minimum Gasteiger partial charge on any atom is -0.480 e. The quantitative estimate of drug-likeness (QED) is 0.708. The molecule has 0 radical (unpaired) electrons. The summed E-state index contributed by atoms with van der Waals surface area (Å²) < 4.78 is 25.4. The number of carboxylic acid groups (broad SMARTS) is 1. The van der Waals surface area contributed by atoms with Gasteiger partial charge in [-0.2, -0.15) is 0 Å². The van der Waals surface area contributed by atoms with Crippen LogP contribution in [0.4, 0.5) is 0 Å². The van der Waals surface area contributed by atoms with E-state index in [9.17, 15) is 13.2 Å². The second-order valence-electron chi connectivity index (χ2n) is 4.68. The van der Waals surface area contributed by atoms with Crippen LogP contribution in [-0.4, -0.2) is 31.3 Å². The number of sulfonamides is 1. The molecule has 0 aliphatic rings. The molecule has 0 unspecified atom stereocenters. The molecule has 0 heterocycles. The van der Waals surface area contributed by atoms with Gasteiger partial charge in [0.2, 0.25) is 10.0 Å². The summed E-state index contributed by atoms with van der Waals surface area (Å²) in [5, 5.41) is 8.86. The normalized spacial score (nSPS) is 14.4. The van der Waals surface area contributed by atoms with Gasteiger partial charge in [-0.25, -0.2) is 13.1 Å². The third-order valence-corrected chi connectivity index (χ3v) is 3.59. The van der Waals surface area contributed by atoms with Crippen LogP contribution in [0.15, 0.2) is 0 Å². The number of hydrogen-bond acceptors (Lipinski definition) is 3. The van der Waals surface area contributed by atoms with Crippen molar-refractivity contribution in [1.82, 2.24) is 4.72 Å². The van der Waals surface area contributed by atoms with Crippen LogP contribution in [0.1, 0.15) is 34.1 Å². The Bertz CT molecular complexity index is 322. The fourth-order valence-electron chi connectivity index (χ4n) is 1.11. The summed E-state index contributed by atoms with van der Waals surface area (Å²) in [7, 11) is -3.50. The first kappa shape index (κ1) is 15.4. The number of rotatable bonds is 7. The maximum atomic E-state index is 11.6. The van der Waals surface area contributed by atoms with Crippen molar-refractivity contribution >= 4 is 16.0 Å². The fraction of sp³-hybridized carbons (Fsp3) is 0.900. The second-order valence-corrected chi connectivity index (χ2v) is 6.55. The molecule has 0 aliphatic carbocycles. The summed E-state index contributed by atoms with van der Waals surface area (Å²) in [6.45, 7) is 7.19. The Morgan fingerprint density at radius 3 is 2.06 bits per heavy atom. The summed E-state index contributed by atoms with van der Waals surface area (Å²) in [4.78, 5) is 10.8. The molecule has 0 fully saturated rings. The lowest BCUT2D eigenvalue weighted by atomic mass is 10.1. The van der Waals surface area contributed by atoms with Crippen molar-refractivity contribution in [3.8, 4) is 0 Å². The standard InChI is InChI=1S/C10H21NO4S/c1-7(2)5-6-16(14,15)11-9(8(3)4)10(12)13/h7-9,11H,5-6H2,1-4H3,(H,12,13)/t9-/m1/s1. The third kappa shape index (κ3) is 6.07. The molecule has 0 aromatic carbocycles. The first-order valence-corrected chi connectivity index (χ1v) is 7.03. The van der Waals surface area contributed by atoms with E-state index in [2.05, 4.69) is 4.72 Å². The molecule has 0 aliphatic heterocycles. The van der Waals surface area contributed by atoms with E-state index < -0.39 is 22.0 Å². The number of carboxylic acids is 1. The molecule has 2 N–H and O–H groups in total. The lowest BCUT2D eigenvalue weighted by Gasteiger charge is -2.18. The summed E-state index contributed by atoms with van der Waals surface area (Å²) >= 11 is 0. The highest BCUT2D eigenvalue weighted by atomic mass is 32.2. The summed E-state index contributed by atoms with van der Waals surface area (Å²) in [6.07, 6.45) is 0.528. The number of carbonyl (C=O) groups is 1. The molecule has 5 nitrogen and oxygen atoms in total. The smallest absolute Gasteiger partial charge is 0.321 e. The lowest BCUT2D eigenvalue weighted by molar-refractivity contribution is -0.140. The molecule has 0 aromatic rings. The maximum absolute atomic E-state index is 11.6. The maximum Gasteiger partial charge on any atom is 0.321 e. The van der Waals surface area contributed by atoms with Gasteiger partial charge in [0.1, 0.15) is 6.04 Å². The van der Waals surface area contributed by atoms with Crippen LogP contribution in [0.5, 0.6) is 0 Å². The van der Waals surface area contributed by atoms with Crippen LogP contribution >= 0.6 is 0 Å². The highest BCUT2D eigenvalue weighted by Crippen LogP contribution is 2.06. The Morgan fingerprint density at radius 2 is 1.75 bits per heavy atom. The van der Waals surface area contributed by atoms with Crippen molar-refractivity contribution in [3.05, 3.63) is 0 Å². The Kier molecular flexibility index (Phi) is 5.96. The molecule has 0 aromatic heterocycles. The highest BCUT2D eigenvalue weighted by Gasteiger charge is 2.26.